The lowest BCUT2D eigenvalue weighted by Crippen LogP contribution is -2.03. The summed E-state index contributed by atoms with van der Waals surface area (Å²) in [4.78, 5) is 10.9. The Morgan fingerprint density at radius 3 is 2.44 bits per heavy atom. The average Bonchev–Trinajstić information content (AvgIpc) is 2.20. The van der Waals surface area contributed by atoms with Crippen LogP contribution >= 0.6 is 0 Å². The van der Waals surface area contributed by atoms with Crippen molar-refractivity contribution in [3.8, 4) is 0 Å². The molecule has 0 radical (unpaired) electrons. The van der Waals surface area contributed by atoms with Crippen LogP contribution in [0, 0.1) is 5.92 Å². The van der Waals surface area contributed by atoms with E-state index in [2.05, 4.69) is 19.9 Å². The van der Waals surface area contributed by atoms with Gasteiger partial charge in [0.05, 0.1) is 0 Å². The predicted octanol–water partition coefficient (Wildman–Crippen LogP) is 4.44. The van der Waals surface area contributed by atoms with E-state index < -0.39 is 0 Å². The van der Waals surface area contributed by atoms with Crippen molar-refractivity contribution in [1.29, 1.82) is 0 Å². The van der Waals surface area contributed by atoms with Gasteiger partial charge in [0.25, 0.3) is 0 Å². The smallest absolute Gasteiger partial charge is 0.152 e. The molecule has 16 heavy (non-hydrogen) atoms. The maximum absolute atomic E-state index is 10.9. The fourth-order valence-corrected chi connectivity index (χ4v) is 2.45. The van der Waals surface area contributed by atoms with Crippen LogP contribution in [-0.4, -0.2) is 5.78 Å². The molecule has 1 aliphatic rings. The molecule has 1 rings (SSSR count). The van der Waals surface area contributed by atoms with Gasteiger partial charge in [-0.2, -0.15) is 0 Å². The van der Waals surface area contributed by atoms with E-state index in [9.17, 15) is 4.79 Å². The van der Waals surface area contributed by atoms with Crippen LogP contribution in [0.2, 0.25) is 0 Å². The molecule has 0 aromatic carbocycles. The van der Waals surface area contributed by atoms with Crippen LogP contribution in [0.4, 0.5) is 0 Å². The second-order valence-electron chi connectivity index (χ2n) is 4.98. The number of allylic oxidation sites excluding steroid dienone is 4. The van der Waals surface area contributed by atoms with E-state index in [1.165, 1.54) is 38.5 Å². The third-order valence-electron chi connectivity index (χ3n) is 3.47. The van der Waals surface area contributed by atoms with Crippen LogP contribution in [0.15, 0.2) is 23.3 Å². The topological polar surface area (TPSA) is 17.1 Å². The summed E-state index contributed by atoms with van der Waals surface area (Å²) < 4.78 is 0. The molecule has 1 nitrogen and oxygen atoms in total. The molecule has 0 aromatic heterocycles. The Bertz CT molecular complexity index is 297. The molecular weight excluding hydrogens is 196 g/mol. The molecule has 0 bridgehead atoms. The van der Waals surface area contributed by atoms with Gasteiger partial charge in [-0.15, -0.1) is 0 Å². The Morgan fingerprint density at radius 2 is 1.81 bits per heavy atom. The molecule has 1 unspecified atom stereocenters. The van der Waals surface area contributed by atoms with Crippen molar-refractivity contribution in [1.82, 2.24) is 0 Å². The SMILES string of the molecule is CC(=O)/C=C/C(C)/C1=C(\C)CCCCCC1. The number of ketones is 1. The standard InChI is InChI=1S/C15H24O/c1-12-8-6-4-5-7-9-15(12)13(2)10-11-14(3)16/h10-11,13H,4-9H2,1-3H3/b11-10+,15-12+. The van der Waals surface area contributed by atoms with Gasteiger partial charge in [0.2, 0.25) is 0 Å². The van der Waals surface area contributed by atoms with Crippen LogP contribution in [0.3, 0.4) is 0 Å². The van der Waals surface area contributed by atoms with Crippen molar-refractivity contribution in [3.63, 3.8) is 0 Å². The number of hydrogen-bond donors (Lipinski definition) is 0. The number of rotatable bonds is 3. The monoisotopic (exact) mass is 220 g/mol. The van der Waals surface area contributed by atoms with Gasteiger partial charge in [0.15, 0.2) is 5.78 Å². The average molecular weight is 220 g/mol. The van der Waals surface area contributed by atoms with E-state index >= 15 is 0 Å². The second-order valence-corrected chi connectivity index (χ2v) is 4.98. The lowest BCUT2D eigenvalue weighted by atomic mass is 9.87. The minimum Gasteiger partial charge on any atom is -0.295 e. The summed E-state index contributed by atoms with van der Waals surface area (Å²) in [5.41, 5.74) is 3.12. The maximum atomic E-state index is 10.9. The third-order valence-corrected chi connectivity index (χ3v) is 3.47. The zero-order valence-corrected chi connectivity index (χ0v) is 10.9. The lowest BCUT2D eigenvalue weighted by molar-refractivity contribution is -0.112. The molecular formula is C15H24O. The summed E-state index contributed by atoms with van der Waals surface area (Å²) in [5, 5.41) is 0. The van der Waals surface area contributed by atoms with E-state index in [-0.39, 0.29) is 5.78 Å². The molecule has 90 valence electrons. The third kappa shape index (κ3) is 4.34. The maximum Gasteiger partial charge on any atom is 0.152 e. The summed E-state index contributed by atoms with van der Waals surface area (Å²) in [6.45, 7) is 6.08. The highest BCUT2D eigenvalue weighted by atomic mass is 16.1. The number of carbonyl (C=O) groups is 1. The Labute approximate surface area is 99.6 Å². The zero-order chi connectivity index (χ0) is 12.0. The molecule has 0 N–H and O–H groups in total. The van der Waals surface area contributed by atoms with Crippen molar-refractivity contribution >= 4 is 5.78 Å². The Balaban J connectivity index is 2.73. The normalized spacial score (nSPS) is 25.2. The van der Waals surface area contributed by atoms with E-state index in [0.29, 0.717) is 5.92 Å². The van der Waals surface area contributed by atoms with Crippen molar-refractivity contribution in [2.75, 3.05) is 0 Å². The molecule has 0 aromatic rings. The van der Waals surface area contributed by atoms with Crippen molar-refractivity contribution < 1.29 is 4.79 Å². The Hall–Kier alpha value is -0.850. The van der Waals surface area contributed by atoms with Gasteiger partial charge < -0.3 is 0 Å². The number of carbonyl (C=O) groups excluding carboxylic acids is 1. The van der Waals surface area contributed by atoms with Crippen molar-refractivity contribution in [2.45, 2.75) is 59.3 Å². The fraction of sp³-hybridized carbons (Fsp3) is 0.667. The van der Waals surface area contributed by atoms with Gasteiger partial charge in [-0.25, -0.2) is 0 Å². The fourth-order valence-electron chi connectivity index (χ4n) is 2.45. The Kier molecular flexibility index (Phi) is 5.51. The van der Waals surface area contributed by atoms with E-state index in [1.54, 1.807) is 24.1 Å². The predicted molar refractivity (Wildman–Crippen MR) is 69.4 cm³/mol. The van der Waals surface area contributed by atoms with Crippen molar-refractivity contribution in [3.05, 3.63) is 23.3 Å². The summed E-state index contributed by atoms with van der Waals surface area (Å²) >= 11 is 0. The molecule has 0 saturated heterocycles. The van der Waals surface area contributed by atoms with E-state index in [1.807, 2.05) is 0 Å². The van der Waals surface area contributed by atoms with Gasteiger partial charge >= 0.3 is 0 Å². The molecule has 0 amide bonds. The van der Waals surface area contributed by atoms with Gasteiger partial charge in [-0.05, 0) is 51.5 Å². The van der Waals surface area contributed by atoms with Crippen LogP contribution < -0.4 is 0 Å². The first-order valence-electron chi connectivity index (χ1n) is 6.48. The molecule has 1 aliphatic carbocycles. The highest BCUT2D eigenvalue weighted by Crippen LogP contribution is 2.28. The molecule has 0 fully saturated rings. The molecule has 1 atom stereocenters. The van der Waals surface area contributed by atoms with E-state index in [4.69, 9.17) is 0 Å². The summed E-state index contributed by atoms with van der Waals surface area (Å²) in [7, 11) is 0. The van der Waals surface area contributed by atoms with Crippen molar-refractivity contribution in [2.24, 2.45) is 5.92 Å². The first-order valence-corrected chi connectivity index (χ1v) is 6.48. The first kappa shape index (κ1) is 13.2. The highest BCUT2D eigenvalue weighted by molar-refractivity contribution is 5.87. The molecule has 0 heterocycles. The summed E-state index contributed by atoms with van der Waals surface area (Å²) in [6.07, 6.45) is 11.6. The molecule has 0 aliphatic heterocycles. The second kappa shape index (κ2) is 6.67. The largest absolute Gasteiger partial charge is 0.295 e. The van der Waals surface area contributed by atoms with Gasteiger partial charge in [0.1, 0.15) is 0 Å². The molecule has 0 saturated carbocycles. The van der Waals surface area contributed by atoms with Gasteiger partial charge in [-0.3, -0.25) is 4.79 Å². The highest BCUT2D eigenvalue weighted by Gasteiger charge is 2.11. The Morgan fingerprint density at radius 1 is 1.19 bits per heavy atom. The number of hydrogen-bond acceptors (Lipinski definition) is 1. The van der Waals surface area contributed by atoms with E-state index in [0.717, 1.165) is 0 Å². The zero-order valence-electron chi connectivity index (χ0n) is 10.9. The summed E-state index contributed by atoms with van der Waals surface area (Å²) in [5.74, 6) is 0.581. The van der Waals surface area contributed by atoms with Crippen LogP contribution in [0.25, 0.3) is 0 Å². The minimum atomic E-state index is 0.149. The van der Waals surface area contributed by atoms with Crippen LogP contribution in [-0.2, 0) is 4.79 Å². The lowest BCUT2D eigenvalue weighted by Gasteiger charge is -2.19. The minimum absolute atomic E-state index is 0.149. The molecule has 1 heteroatoms. The van der Waals surface area contributed by atoms with Gasteiger partial charge in [0, 0.05) is 0 Å². The van der Waals surface area contributed by atoms with Crippen LogP contribution in [0.5, 0.6) is 0 Å². The molecule has 0 spiro atoms. The quantitative estimate of drug-likeness (QED) is 0.507. The van der Waals surface area contributed by atoms with Gasteiger partial charge in [-0.1, -0.05) is 37.0 Å². The first-order chi connectivity index (χ1) is 7.61. The summed E-state index contributed by atoms with van der Waals surface area (Å²) in [6, 6.07) is 0. The van der Waals surface area contributed by atoms with Crippen LogP contribution in [0.1, 0.15) is 59.3 Å².